The third-order valence-electron chi connectivity index (χ3n) is 2.94. The summed E-state index contributed by atoms with van der Waals surface area (Å²) in [6.07, 6.45) is 0.472. The van der Waals surface area contributed by atoms with Crippen molar-refractivity contribution in [1.29, 1.82) is 0 Å². The average Bonchev–Trinajstić information content (AvgIpc) is 2.25. The van der Waals surface area contributed by atoms with Gasteiger partial charge < -0.3 is 0 Å². The lowest BCUT2D eigenvalue weighted by atomic mass is 9.90. The molecule has 0 aliphatic carbocycles. The topological polar surface area (TPSA) is 46.2 Å². The van der Waals surface area contributed by atoms with Crippen LogP contribution in [-0.2, 0) is 9.59 Å². The van der Waals surface area contributed by atoms with Gasteiger partial charge in [0.1, 0.15) is 11.6 Å². The SMILES string of the molecule is Cc1c(F)cc(C2CCC(=O)NC2=O)cc1F. The van der Waals surface area contributed by atoms with Crippen molar-refractivity contribution in [3.8, 4) is 0 Å². The first kappa shape index (κ1) is 11.7. The van der Waals surface area contributed by atoms with Crippen LogP contribution in [0.5, 0.6) is 0 Å². The highest BCUT2D eigenvalue weighted by atomic mass is 19.1. The molecule has 0 saturated carbocycles. The van der Waals surface area contributed by atoms with Gasteiger partial charge in [-0.05, 0) is 31.0 Å². The number of halogens is 2. The number of piperidine rings is 1. The zero-order valence-corrected chi connectivity index (χ0v) is 9.22. The highest BCUT2D eigenvalue weighted by molar-refractivity contribution is 6.00. The lowest BCUT2D eigenvalue weighted by Crippen LogP contribution is -2.39. The van der Waals surface area contributed by atoms with E-state index in [2.05, 4.69) is 5.32 Å². The molecule has 1 heterocycles. The van der Waals surface area contributed by atoms with Gasteiger partial charge in [0, 0.05) is 12.0 Å². The Morgan fingerprint density at radius 1 is 1.24 bits per heavy atom. The van der Waals surface area contributed by atoms with Crippen molar-refractivity contribution >= 4 is 11.8 Å². The van der Waals surface area contributed by atoms with Crippen molar-refractivity contribution in [1.82, 2.24) is 5.32 Å². The van der Waals surface area contributed by atoms with E-state index in [9.17, 15) is 18.4 Å². The molecule has 5 heteroatoms. The number of carbonyl (C=O) groups excluding carboxylic acids is 2. The largest absolute Gasteiger partial charge is 0.296 e. The summed E-state index contributed by atoms with van der Waals surface area (Å²) in [6, 6.07) is 2.30. The predicted octanol–water partition coefficient (Wildman–Crippen LogP) is 1.79. The van der Waals surface area contributed by atoms with Crippen molar-refractivity contribution < 1.29 is 18.4 Å². The molecule has 3 nitrogen and oxygen atoms in total. The van der Waals surface area contributed by atoms with Crippen LogP contribution in [0.3, 0.4) is 0 Å². The van der Waals surface area contributed by atoms with Crippen LogP contribution < -0.4 is 5.32 Å². The Bertz CT molecular complexity index is 476. The minimum Gasteiger partial charge on any atom is -0.296 e. The van der Waals surface area contributed by atoms with E-state index in [0.29, 0.717) is 0 Å². The third kappa shape index (κ3) is 2.18. The first-order valence-corrected chi connectivity index (χ1v) is 5.28. The second kappa shape index (κ2) is 4.24. The molecular formula is C12H11F2NO2. The van der Waals surface area contributed by atoms with E-state index < -0.39 is 23.5 Å². The highest BCUT2D eigenvalue weighted by Gasteiger charge is 2.28. The van der Waals surface area contributed by atoms with E-state index in [1.54, 1.807) is 0 Å². The summed E-state index contributed by atoms with van der Waals surface area (Å²) < 4.78 is 26.7. The molecule has 0 aromatic heterocycles. The second-order valence-corrected chi connectivity index (χ2v) is 4.11. The summed E-state index contributed by atoms with van der Waals surface area (Å²) in [5, 5.41) is 2.16. The molecule has 1 saturated heterocycles. The van der Waals surface area contributed by atoms with E-state index in [1.807, 2.05) is 0 Å². The number of hydrogen-bond donors (Lipinski definition) is 1. The van der Waals surface area contributed by atoms with Gasteiger partial charge in [-0.15, -0.1) is 0 Å². The lowest BCUT2D eigenvalue weighted by molar-refractivity contribution is -0.134. The summed E-state index contributed by atoms with van der Waals surface area (Å²) in [5.41, 5.74) is 0.205. The number of hydrogen-bond acceptors (Lipinski definition) is 2. The smallest absolute Gasteiger partial charge is 0.234 e. The number of imide groups is 1. The van der Waals surface area contributed by atoms with Gasteiger partial charge in [0.2, 0.25) is 11.8 Å². The van der Waals surface area contributed by atoms with Gasteiger partial charge in [0.05, 0.1) is 5.92 Å². The fourth-order valence-electron chi connectivity index (χ4n) is 1.88. The Labute approximate surface area is 96.8 Å². The normalized spacial score (nSPS) is 20.3. The Morgan fingerprint density at radius 2 is 1.82 bits per heavy atom. The van der Waals surface area contributed by atoms with Crippen LogP contribution in [0.15, 0.2) is 12.1 Å². The second-order valence-electron chi connectivity index (χ2n) is 4.11. The molecule has 0 radical (unpaired) electrons. The zero-order chi connectivity index (χ0) is 12.6. The molecule has 0 spiro atoms. The van der Waals surface area contributed by atoms with Gasteiger partial charge in [-0.3, -0.25) is 14.9 Å². The van der Waals surface area contributed by atoms with Gasteiger partial charge in [-0.25, -0.2) is 8.78 Å². The van der Waals surface area contributed by atoms with Gasteiger partial charge in [0.15, 0.2) is 0 Å². The van der Waals surface area contributed by atoms with Crippen LogP contribution >= 0.6 is 0 Å². The Morgan fingerprint density at radius 3 is 2.35 bits per heavy atom. The van der Waals surface area contributed by atoms with Crippen molar-refractivity contribution in [2.45, 2.75) is 25.7 Å². The van der Waals surface area contributed by atoms with Gasteiger partial charge in [-0.1, -0.05) is 0 Å². The molecule has 1 aromatic rings. The van der Waals surface area contributed by atoms with Crippen LogP contribution in [0.2, 0.25) is 0 Å². The maximum absolute atomic E-state index is 13.4. The monoisotopic (exact) mass is 239 g/mol. The molecule has 2 amide bonds. The van der Waals surface area contributed by atoms with Crippen LogP contribution in [0.25, 0.3) is 0 Å². The Balaban J connectivity index is 2.34. The van der Waals surface area contributed by atoms with Crippen LogP contribution in [-0.4, -0.2) is 11.8 Å². The fraction of sp³-hybridized carbons (Fsp3) is 0.333. The zero-order valence-electron chi connectivity index (χ0n) is 9.22. The van der Waals surface area contributed by atoms with E-state index in [-0.39, 0.29) is 29.9 Å². The van der Waals surface area contributed by atoms with Gasteiger partial charge in [0.25, 0.3) is 0 Å². The van der Waals surface area contributed by atoms with Gasteiger partial charge in [-0.2, -0.15) is 0 Å². The molecule has 1 atom stereocenters. The minimum absolute atomic E-state index is 0.0685. The Kier molecular flexibility index (Phi) is 2.92. The van der Waals surface area contributed by atoms with Crippen LogP contribution in [0.4, 0.5) is 8.78 Å². The number of amides is 2. The van der Waals surface area contributed by atoms with Crippen molar-refractivity contribution in [3.05, 3.63) is 34.9 Å². The lowest BCUT2D eigenvalue weighted by Gasteiger charge is -2.21. The molecule has 1 aliphatic heterocycles. The standard InChI is InChI=1S/C12H11F2NO2/c1-6-9(13)4-7(5-10(6)14)8-2-3-11(16)15-12(8)17/h4-5,8H,2-3H2,1H3,(H,15,16,17). The molecule has 1 fully saturated rings. The van der Waals surface area contributed by atoms with E-state index >= 15 is 0 Å². The summed E-state index contributed by atoms with van der Waals surface area (Å²) >= 11 is 0. The van der Waals surface area contributed by atoms with Crippen molar-refractivity contribution in [2.75, 3.05) is 0 Å². The molecule has 1 aromatic carbocycles. The number of carbonyl (C=O) groups is 2. The fourth-order valence-corrected chi connectivity index (χ4v) is 1.88. The number of nitrogens with one attached hydrogen (secondary N) is 1. The van der Waals surface area contributed by atoms with E-state index in [4.69, 9.17) is 0 Å². The molecule has 1 unspecified atom stereocenters. The maximum Gasteiger partial charge on any atom is 0.234 e. The van der Waals surface area contributed by atoms with Crippen molar-refractivity contribution in [2.24, 2.45) is 0 Å². The van der Waals surface area contributed by atoms with E-state index in [1.165, 1.54) is 6.92 Å². The molecule has 0 bridgehead atoms. The van der Waals surface area contributed by atoms with Gasteiger partial charge >= 0.3 is 0 Å². The van der Waals surface area contributed by atoms with Crippen molar-refractivity contribution in [3.63, 3.8) is 0 Å². The molecule has 90 valence electrons. The van der Waals surface area contributed by atoms with Crippen LogP contribution in [0, 0.1) is 18.6 Å². The molecule has 1 N–H and O–H groups in total. The molecule has 1 aliphatic rings. The van der Waals surface area contributed by atoms with E-state index in [0.717, 1.165) is 12.1 Å². The molecule has 17 heavy (non-hydrogen) atoms. The average molecular weight is 239 g/mol. The maximum atomic E-state index is 13.4. The summed E-state index contributed by atoms with van der Waals surface area (Å²) in [7, 11) is 0. The minimum atomic E-state index is -0.676. The highest BCUT2D eigenvalue weighted by Crippen LogP contribution is 2.27. The summed E-state index contributed by atoms with van der Waals surface area (Å²) in [6.45, 7) is 1.33. The quantitative estimate of drug-likeness (QED) is 0.759. The molecule has 2 rings (SSSR count). The Hall–Kier alpha value is -1.78. The first-order valence-electron chi connectivity index (χ1n) is 5.28. The molecular weight excluding hydrogens is 228 g/mol. The number of rotatable bonds is 1. The van der Waals surface area contributed by atoms with Crippen LogP contribution in [0.1, 0.15) is 29.9 Å². The third-order valence-corrected chi connectivity index (χ3v) is 2.94. The number of benzene rings is 1. The summed E-state index contributed by atoms with van der Waals surface area (Å²) in [4.78, 5) is 22.5. The first-order chi connectivity index (χ1) is 7.99. The predicted molar refractivity (Wildman–Crippen MR) is 56.2 cm³/mol. The summed E-state index contributed by atoms with van der Waals surface area (Å²) in [5.74, 6) is -2.85.